The van der Waals surface area contributed by atoms with Crippen molar-refractivity contribution < 1.29 is 5.11 Å². The minimum Gasteiger partial charge on any atom is -0.393 e. The largest absolute Gasteiger partial charge is 0.393 e. The van der Waals surface area contributed by atoms with Crippen molar-refractivity contribution in [3.05, 3.63) is 35.9 Å². The Morgan fingerprint density at radius 2 is 1.68 bits per heavy atom. The van der Waals surface area contributed by atoms with Crippen molar-refractivity contribution in [3.63, 3.8) is 0 Å². The molecule has 19 heavy (non-hydrogen) atoms. The van der Waals surface area contributed by atoms with E-state index in [0.717, 1.165) is 31.2 Å². The number of aliphatic hydroxyl groups excluding tert-OH is 1. The van der Waals surface area contributed by atoms with Gasteiger partial charge in [0.1, 0.15) is 0 Å². The van der Waals surface area contributed by atoms with Crippen molar-refractivity contribution in [2.24, 2.45) is 11.8 Å². The topological polar surface area (TPSA) is 32.3 Å². The zero-order valence-corrected chi connectivity index (χ0v) is 11.6. The highest BCUT2D eigenvalue weighted by molar-refractivity contribution is 5.21. The third kappa shape index (κ3) is 3.58. The number of hydrogen-bond donors (Lipinski definition) is 2. The van der Waals surface area contributed by atoms with E-state index in [2.05, 4.69) is 35.6 Å². The van der Waals surface area contributed by atoms with Crippen molar-refractivity contribution in [2.45, 2.75) is 50.7 Å². The SMILES string of the molecule is OC1CCC(CNC(c2ccccc2)C2CC2)CC1. The Morgan fingerprint density at radius 3 is 2.32 bits per heavy atom. The first-order valence-electron chi connectivity index (χ1n) is 7.79. The molecule has 0 bridgehead atoms. The quantitative estimate of drug-likeness (QED) is 0.850. The smallest absolute Gasteiger partial charge is 0.0540 e. The van der Waals surface area contributed by atoms with Gasteiger partial charge < -0.3 is 10.4 Å². The van der Waals surface area contributed by atoms with E-state index in [4.69, 9.17) is 0 Å². The maximum absolute atomic E-state index is 9.56. The van der Waals surface area contributed by atoms with Crippen LogP contribution in [0.3, 0.4) is 0 Å². The molecule has 0 aliphatic heterocycles. The van der Waals surface area contributed by atoms with E-state index in [-0.39, 0.29) is 6.10 Å². The van der Waals surface area contributed by atoms with Gasteiger partial charge in [-0.3, -0.25) is 0 Å². The average molecular weight is 259 g/mol. The Morgan fingerprint density at radius 1 is 1.00 bits per heavy atom. The van der Waals surface area contributed by atoms with Gasteiger partial charge in [0.15, 0.2) is 0 Å². The Labute approximate surface area is 116 Å². The minimum atomic E-state index is -0.0374. The molecule has 2 N–H and O–H groups in total. The van der Waals surface area contributed by atoms with Gasteiger partial charge in [-0.2, -0.15) is 0 Å². The molecule has 2 saturated carbocycles. The van der Waals surface area contributed by atoms with Crippen LogP contribution in [0.25, 0.3) is 0 Å². The molecular formula is C17H25NO. The van der Waals surface area contributed by atoms with Crippen LogP contribution in [0, 0.1) is 11.8 Å². The molecule has 104 valence electrons. The number of benzene rings is 1. The van der Waals surface area contributed by atoms with Gasteiger partial charge in [-0.15, -0.1) is 0 Å². The van der Waals surface area contributed by atoms with E-state index in [0.29, 0.717) is 6.04 Å². The predicted molar refractivity (Wildman–Crippen MR) is 77.9 cm³/mol. The Bertz CT molecular complexity index is 380. The summed E-state index contributed by atoms with van der Waals surface area (Å²) in [5.41, 5.74) is 1.45. The fourth-order valence-electron chi connectivity index (χ4n) is 3.29. The molecule has 1 aromatic rings. The third-order valence-electron chi connectivity index (χ3n) is 4.69. The maximum atomic E-state index is 9.56. The summed E-state index contributed by atoms with van der Waals surface area (Å²) in [5.74, 6) is 1.60. The van der Waals surface area contributed by atoms with E-state index in [1.165, 1.54) is 31.2 Å². The maximum Gasteiger partial charge on any atom is 0.0540 e. The molecular weight excluding hydrogens is 234 g/mol. The fraction of sp³-hybridized carbons (Fsp3) is 0.647. The van der Waals surface area contributed by atoms with Gasteiger partial charge in [0, 0.05) is 6.04 Å². The summed E-state index contributed by atoms with van der Waals surface area (Å²) in [6.07, 6.45) is 7.05. The molecule has 2 fully saturated rings. The fourth-order valence-corrected chi connectivity index (χ4v) is 3.29. The van der Waals surface area contributed by atoms with Gasteiger partial charge in [-0.25, -0.2) is 0 Å². The molecule has 0 saturated heterocycles. The summed E-state index contributed by atoms with van der Waals surface area (Å²) >= 11 is 0. The van der Waals surface area contributed by atoms with Gasteiger partial charge in [0.2, 0.25) is 0 Å². The first-order chi connectivity index (χ1) is 9.33. The summed E-state index contributed by atoms with van der Waals surface area (Å²) in [5, 5.41) is 13.4. The van der Waals surface area contributed by atoms with Crippen LogP contribution < -0.4 is 5.32 Å². The number of rotatable bonds is 5. The van der Waals surface area contributed by atoms with Crippen LogP contribution in [0.15, 0.2) is 30.3 Å². The molecule has 0 heterocycles. The van der Waals surface area contributed by atoms with Gasteiger partial charge >= 0.3 is 0 Å². The molecule has 0 amide bonds. The lowest BCUT2D eigenvalue weighted by atomic mass is 9.87. The van der Waals surface area contributed by atoms with Crippen LogP contribution in [0.5, 0.6) is 0 Å². The van der Waals surface area contributed by atoms with E-state index < -0.39 is 0 Å². The van der Waals surface area contributed by atoms with Crippen LogP contribution in [-0.4, -0.2) is 17.8 Å². The van der Waals surface area contributed by atoms with Crippen molar-refractivity contribution in [1.29, 1.82) is 0 Å². The molecule has 2 aliphatic carbocycles. The lowest BCUT2D eigenvalue weighted by molar-refractivity contribution is 0.107. The highest BCUT2D eigenvalue weighted by Gasteiger charge is 2.32. The summed E-state index contributed by atoms with van der Waals surface area (Å²) in [7, 11) is 0. The summed E-state index contributed by atoms with van der Waals surface area (Å²) in [6, 6.07) is 11.4. The lowest BCUT2D eigenvalue weighted by Gasteiger charge is -2.28. The zero-order chi connectivity index (χ0) is 13.1. The first kappa shape index (κ1) is 13.1. The normalized spacial score (nSPS) is 29.1. The molecule has 1 atom stereocenters. The van der Waals surface area contributed by atoms with Crippen molar-refractivity contribution in [3.8, 4) is 0 Å². The van der Waals surface area contributed by atoms with Crippen LogP contribution in [-0.2, 0) is 0 Å². The highest BCUT2D eigenvalue weighted by Crippen LogP contribution is 2.41. The van der Waals surface area contributed by atoms with E-state index in [1.807, 2.05) is 0 Å². The highest BCUT2D eigenvalue weighted by atomic mass is 16.3. The molecule has 1 unspecified atom stereocenters. The van der Waals surface area contributed by atoms with Gasteiger partial charge in [0.05, 0.1) is 6.10 Å². The first-order valence-corrected chi connectivity index (χ1v) is 7.79. The van der Waals surface area contributed by atoms with Crippen molar-refractivity contribution >= 4 is 0 Å². The summed E-state index contributed by atoms with van der Waals surface area (Å²) < 4.78 is 0. The Hall–Kier alpha value is -0.860. The molecule has 0 aromatic heterocycles. The molecule has 1 aromatic carbocycles. The standard InChI is InChI=1S/C17H25NO/c19-16-10-6-13(7-11-16)12-18-17(15-8-9-15)14-4-2-1-3-5-14/h1-5,13,15-19H,6-12H2. The van der Waals surface area contributed by atoms with Crippen molar-refractivity contribution in [2.75, 3.05) is 6.54 Å². The second-order valence-corrected chi connectivity index (χ2v) is 6.31. The summed E-state index contributed by atoms with van der Waals surface area (Å²) in [6.45, 7) is 1.11. The zero-order valence-electron chi connectivity index (χ0n) is 11.6. The van der Waals surface area contributed by atoms with Gasteiger partial charge in [0.25, 0.3) is 0 Å². The molecule has 2 nitrogen and oxygen atoms in total. The van der Waals surface area contributed by atoms with Gasteiger partial charge in [-0.05, 0) is 62.5 Å². The summed E-state index contributed by atoms with van der Waals surface area (Å²) in [4.78, 5) is 0. The molecule has 3 rings (SSSR count). The average Bonchev–Trinajstić information content (AvgIpc) is 3.27. The van der Waals surface area contributed by atoms with E-state index in [9.17, 15) is 5.11 Å². The molecule has 0 radical (unpaired) electrons. The number of nitrogens with one attached hydrogen (secondary N) is 1. The van der Waals surface area contributed by atoms with Crippen LogP contribution in [0.4, 0.5) is 0 Å². The van der Waals surface area contributed by atoms with E-state index in [1.54, 1.807) is 0 Å². The lowest BCUT2D eigenvalue weighted by Crippen LogP contribution is -2.31. The van der Waals surface area contributed by atoms with Crippen molar-refractivity contribution in [1.82, 2.24) is 5.32 Å². The van der Waals surface area contributed by atoms with Crippen LogP contribution in [0.2, 0.25) is 0 Å². The van der Waals surface area contributed by atoms with Crippen LogP contribution >= 0.6 is 0 Å². The van der Waals surface area contributed by atoms with E-state index >= 15 is 0 Å². The number of aliphatic hydroxyl groups is 1. The molecule has 2 heteroatoms. The molecule has 2 aliphatic rings. The second kappa shape index (κ2) is 6.06. The minimum absolute atomic E-state index is 0.0374. The molecule has 0 spiro atoms. The third-order valence-corrected chi connectivity index (χ3v) is 4.69. The predicted octanol–water partition coefficient (Wildman–Crippen LogP) is 3.28. The second-order valence-electron chi connectivity index (χ2n) is 6.31. The number of hydrogen-bond acceptors (Lipinski definition) is 2. The van der Waals surface area contributed by atoms with Gasteiger partial charge in [-0.1, -0.05) is 30.3 Å². The van der Waals surface area contributed by atoms with Crippen LogP contribution in [0.1, 0.15) is 50.1 Å². The Balaban J connectivity index is 1.54. The monoisotopic (exact) mass is 259 g/mol. The Kier molecular flexibility index (Phi) is 4.19.